The van der Waals surface area contributed by atoms with Crippen molar-refractivity contribution >= 4 is 17.7 Å². The summed E-state index contributed by atoms with van der Waals surface area (Å²) in [6.07, 6.45) is 4.21. The van der Waals surface area contributed by atoms with Crippen LogP contribution in [-0.2, 0) is 0 Å². The molecule has 4 nitrogen and oxygen atoms in total. The van der Waals surface area contributed by atoms with Gasteiger partial charge in [-0.3, -0.25) is 4.79 Å². The molecule has 2 aliphatic rings. The molecule has 2 saturated heterocycles. The molecule has 2 aliphatic heterocycles. The van der Waals surface area contributed by atoms with Crippen molar-refractivity contribution in [2.75, 3.05) is 24.6 Å². The highest BCUT2D eigenvalue weighted by Gasteiger charge is 2.26. The third-order valence-corrected chi connectivity index (χ3v) is 5.45. The number of nitrogens with zero attached hydrogens (tertiary/aromatic N) is 2. The quantitative estimate of drug-likeness (QED) is 0.858. The van der Waals surface area contributed by atoms with Gasteiger partial charge in [0.25, 0.3) is 5.91 Å². The molecule has 3 atom stereocenters. The number of ether oxygens (including phenoxy) is 1. The van der Waals surface area contributed by atoms with Gasteiger partial charge in [0.1, 0.15) is 6.10 Å². The smallest absolute Gasteiger partial charge is 0.255 e. The van der Waals surface area contributed by atoms with E-state index in [9.17, 15) is 4.79 Å². The Morgan fingerprint density at radius 1 is 1.32 bits per heavy atom. The Morgan fingerprint density at radius 3 is 2.68 bits per heavy atom. The first-order valence-corrected chi connectivity index (χ1v) is 9.27. The van der Waals surface area contributed by atoms with E-state index in [4.69, 9.17) is 4.74 Å². The summed E-state index contributed by atoms with van der Waals surface area (Å²) in [5.74, 6) is 4.06. The SMILES string of the molecule is CC1CC(C)CN(C(=O)c2ccc(OC3CCSC3)nc2)C1. The third-order valence-electron chi connectivity index (χ3n) is 4.31. The van der Waals surface area contributed by atoms with Gasteiger partial charge in [-0.2, -0.15) is 11.8 Å². The molecule has 120 valence electrons. The molecule has 2 fully saturated rings. The number of aromatic nitrogens is 1. The number of piperidine rings is 1. The number of rotatable bonds is 3. The predicted molar refractivity (Wildman–Crippen MR) is 89.4 cm³/mol. The van der Waals surface area contributed by atoms with Gasteiger partial charge in [-0.1, -0.05) is 13.8 Å². The molecule has 0 N–H and O–H groups in total. The van der Waals surface area contributed by atoms with E-state index in [0.717, 1.165) is 31.0 Å². The summed E-state index contributed by atoms with van der Waals surface area (Å²) in [5.41, 5.74) is 0.662. The highest BCUT2D eigenvalue weighted by Crippen LogP contribution is 2.24. The van der Waals surface area contributed by atoms with Crippen molar-refractivity contribution in [1.82, 2.24) is 9.88 Å². The molecule has 0 aromatic carbocycles. The average molecular weight is 320 g/mol. The molecule has 22 heavy (non-hydrogen) atoms. The van der Waals surface area contributed by atoms with Crippen molar-refractivity contribution in [2.45, 2.75) is 32.8 Å². The minimum Gasteiger partial charge on any atom is -0.473 e. The Labute approximate surface area is 136 Å². The van der Waals surface area contributed by atoms with Gasteiger partial charge in [0.2, 0.25) is 5.88 Å². The number of amides is 1. The maximum Gasteiger partial charge on any atom is 0.255 e. The third kappa shape index (κ3) is 3.75. The van der Waals surface area contributed by atoms with Gasteiger partial charge < -0.3 is 9.64 Å². The van der Waals surface area contributed by atoms with Crippen LogP contribution in [0.1, 0.15) is 37.0 Å². The molecule has 5 heteroatoms. The van der Waals surface area contributed by atoms with Crippen LogP contribution in [0.3, 0.4) is 0 Å². The second-order valence-electron chi connectivity index (χ2n) is 6.64. The van der Waals surface area contributed by atoms with Crippen LogP contribution in [0.5, 0.6) is 5.88 Å². The van der Waals surface area contributed by atoms with Crippen LogP contribution in [-0.4, -0.2) is 46.5 Å². The average Bonchev–Trinajstić information content (AvgIpc) is 2.99. The van der Waals surface area contributed by atoms with E-state index in [2.05, 4.69) is 18.8 Å². The van der Waals surface area contributed by atoms with Gasteiger partial charge in [-0.15, -0.1) is 0 Å². The number of carbonyl (C=O) groups excluding carboxylic acids is 1. The largest absolute Gasteiger partial charge is 0.473 e. The van der Waals surface area contributed by atoms with E-state index in [1.807, 2.05) is 28.8 Å². The van der Waals surface area contributed by atoms with E-state index < -0.39 is 0 Å². The molecule has 3 rings (SSSR count). The van der Waals surface area contributed by atoms with Crippen LogP contribution in [0.4, 0.5) is 0 Å². The molecule has 0 bridgehead atoms. The summed E-state index contributed by atoms with van der Waals surface area (Å²) >= 11 is 1.92. The summed E-state index contributed by atoms with van der Waals surface area (Å²) in [5, 5.41) is 0. The van der Waals surface area contributed by atoms with E-state index in [-0.39, 0.29) is 12.0 Å². The summed E-state index contributed by atoms with van der Waals surface area (Å²) in [6, 6.07) is 3.67. The van der Waals surface area contributed by atoms with Gasteiger partial charge >= 0.3 is 0 Å². The molecule has 1 aromatic rings. The summed E-state index contributed by atoms with van der Waals surface area (Å²) < 4.78 is 5.83. The first-order chi connectivity index (χ1) is 10.6. The van der Waals surface area contributed by atoms with Gasteiger partial charge in [0, 0.05) is 31.1 Å². The molecule has 1 amide bonds. The van der Waals surface area contributed by atoms with Crippen molar-refractivity contribution in [3.05, 3.63) is 23.9 Å². The fourth-order valence-electron chi connectivity index (χ4n) is 3.36. The van der Waals surface area contributed by atoms with Gasteiger partial charge in [-0.05, 0) is 36.5 Å². The molecule has 0 radical (unpaired) electrons. The minimum atomic E-state index is 0.0915. The number of carbonyl (C=O) groups is 1. The lowest BCUT2D eigenvalue weighted by atomic mass is 9.91. The highest BCUT2D eigenvalue weighted by molar-refractivity contribution is 7.99. The Hall–Kier alpha value is -1.23. The fraction of sp³-hybridized carbons (Fsp3) is 0.647. The van der Waals surface area contributed by atoms with Crippen molar-refractivity contribution in [3.8, 4) is 5.88 Å². The molecule has 0 spiro atoms. The zero-order valence-corrected chi connectivity index (χ0v) is 14.1. The van der Waals surface area contributed by atoms with Crippen molar-refractivity contribution in [3.63, 3.8) is 0 Å². The number of hydrogen-bond donors (Lipinski definition) is 0. The van der Waals surface area contributed by atoms with E-state index in [0.29, 0.717) is 23.3 Å². The van der Waals surface area contributed by atoms with E-state index in [1.165, 1.54) is 6.42 Å². The number of pyridine rings is 1. The standard InChI is InChI=1S/C17H24N2O2S/c1-12-7-13(2)10-19(9-12)17(20)14-3-4-16(18-8-14)21-15-5-6-22-11-15/h3-4,8,12-13,15H,5-7,9-11H2,1-2H3. The number of hydrogen-bond acceptors (Lipinski definition) is 4. The lowest BCUT2D eigenvalue weighted by Gasteiger charge is -2.35. The predicted octanol–water partition coefficient (Wildman–Crippen LogP) is 3.08. The van der Waals surface area contributed by atoms with Gasteiger partial charge in [-0.25, -0.2) is 4.98 Å². The Morgan fingerprint density at radius 2 is 2.09 bits per heavy atom. The van der Waals surface area contributed by atoms with Crippen LogP contribution in [0, 0.1) is 11.8 Å². The van der Waals surface area contributed by atoms with E-state index >= 15 is 0 Å². The monoisotopic (exact) mass is 320 g/mol. The molecule has 1 aromatic heterocycles. The van der Waals surface area contributed by atoms with Gasteiger partial charge in [0.15, 0.2) is 0 Å². The molecule has 0 aliphatic carbocycles. The normalized spacial score (nSPS) is 28.6. The van der Waals surface area contributed by atoms with Crippen LogP contribution in [0.25, 0.3) is 0 Å². The second kappa shape index (κ2) is 6.90. The zero-order chi connectivity index (χ0) is 15.5. The lowest BCUT2D eigenvalue weighted by Crippen LogP contribution is -2.42. The second-order valence-corrected chi connectivity index (χ2v) is 7.79. The lowest BCUT2D eigenvalue weighted by molar-refractivity contribution is 0.0622. The summed E-state index contributed by atoms with van der Waals surface area (Å²) in [7, 11) is 0. The Kier molecular flexibility index (Phi) is 4.91. The van der Waals surface area contributed by atoms with Crippen molar-refractivity contribution in [1.29, 1.82) is 0 Å². The summed E-state index contributed by atoms with van der Waals surface area (Å²) in [4.78, 5) is 18.9. The fourth-order valence-corrected chi connectivity index (χ4v) is 4.46. The van der Waals surface area contributed by atoms with Crippen LogP contribution < -0.4 is 4.74 Å². The first kappa shape index (κ1) is 15.7. The van der Waals surface area contributed by atoms with Crippen molar-refractivity contribution in [2.24, 2.45) is 11.8 Å². The number of likely N-dealkylation sites (tertiary alicyclic amines) is 1. The Bertz CT molecular complexity index is 504. The zero-order valence-electron chi connectivity index (χ0n) is 13.3. The molecule has 3 heterocycles. The molecule has 0 saturated carbocycles. The highest BCUT2D eigenvalue weighted by atomic mass is 32.2. The molecular formula is C17H24N2O2S. The van der Waals surface area contributed by atoms with Gasteiger partial charge in [0.05, 0.1) is 5.56 Å². The molecular weight excluding hydrogens is 296 g/mol. The number of thioether (sulfide) groups is 1. The van der Waals surface area contributed by atoms with Crippen LogP contribution in [0.15, 0.2) is 18.3 Å². The maximum absolute atomic E-state index is 12.6. The van der Waals surface area contributed by atoms with Crippen LogP contribution >= 0.6 is 11.8 Å². The maximum atomic E-state index is 12.6. The first-order valence-electron chi connectivity index (χ1n) is 8.11. The topological polar surface area (TPSA) is 42.4 Å². The minimum absolute atomic E-state index is 0.0915. The summed E-state index contributed by atoms with van der Waals surface area (Å²) in [6.45, 7) is 6.12. The van der Waals surface area contributed by atoms with Crippen LogP contribution in [0.2, 0.25) is 0 Å². The Balaban J connectivity index is 1.62. The van der Waals surface area contributed by atoms with E-state index in [1.54, 1.807) is 6.20 Å². The van der Waals surface area contributed by atoms with Crippen molar-refractivity contribution < 1.29 is 9.53 Å². The molecule has 3 unspecified atom stereocenters.